The second-order valence-corrected chi connectivity index (χ2v) is 14.5. The van der Waals surface area contributed by atoms with Gasteiger partial charge in [-0.3, -0.25) is 4.79 Å². The maximum atomic E-state index is 12.9. The van der Waals surface area contributed by atoms with Crippen molar-refractivity contribution in [3.05, 3.63) is 70.1 Å². The van der Waals surface area contributed by atoms with E-state index in [4.69, 9.17) is 14.7 Å². The van der Waals surface area contributed by atoms with Gasteiger partial charge in [0.25, 0.3) is 0 Å². The number of carbonyl (C=O) groups is 1. The molecule has 33 heavy (non-hydrogen) atoms. The lowest BCUT2D eigenvalue weighted by Gasteiger charge is -2.45. The van der Waals surface area contributed by atoms with Gasteiger partial charge in [0.1, 0.15) is 18.4 Å². The summed E-state index contributed by atoms with van der Waals surface area (Å²) in [5.74, 6) is 0.151. The van der Waals surface area contributed by atoms with Crippen LogP contribution in [0.25, 0.3) is 10.4 Å². The molecule has 8 nitrogen and oxygen atoms in total. The lowest BCUT2D eigenvalue weighted by Crippen LogP contribution is -2.66. The predicted molar refractivity (Wildman–Crippen MR) is 130 cm³/mol. The molecule has 0 radical (unpaired) electrons. The number of hydrogen-bond donors (Lipinski definition) is 1. The number of nitrogens with zero attached hydrogens (tertiary/aromatic N) is 4. The molecule has 2 atom stereocenters. The number of azide groups is 1. The van der Waals surface area contributed by atoms with Crippen LogP contribution in [0.1, 0.15) is 31.9 Å². The van der Waals surface area contributed by atoms with E-state index in [-0.39, 0.29) is 17.6 Å². The molecular formula is C24H32N4O4Si. The van der Waals surface area contributed by atoms with Crippen LogP contribution in [0.15, 0.2) is 53.6 Å². The van der Waals surface area contributed by atoms with Crippen LogP contribution < -0.4 is 9.64 Å². The maximum Gasteiger partial charge on any atom is 0.238 e. The monoisotopic (exact) mass is 468 g/mol. The first-order valence-electron chi connectivity index (χ1n) is 11.0. The van der Waals surface area contributed by atoms with Crippen molar-refractivity contribution >= 4 is 19.9 Å². The Morgan fingerprint density at radius 1 is 1.12 bits per heavy atom. The normalized spacial score (nSPS) is 18.5. The Morgan fingerprint density at radius 2 is 1.82 bits per heavy atom. The number of β-lactam (4-membered cyclic amide) rings is 1. The number of para-hydroxylation sites is 1. The van der Waals surface area contributed by atoms with Crippen molar-refractivity contribution in [1.29, 1.82) is 0 Å². The van der Waals surface area contributed by atoms with Gasteiger partial charge >= 0.3 is 0 Å². The van der Waals surface area contributed by atoms with Crippen LogP contribution in [0.2, 0.25) is 18.1 Å². The van der Waals surface area contributed by atoms with E-state index < -0.39 is 20.4 Å². The zero-order valence-electron chi connectivity index (χ0n) is 19.9. The van der Waals surface area contributed by atoms with Crippen molar-refractivity contribution in [2.24, 2.45) is 5.11 Å². The molecule has 0 bridgehead atoms. The molecule has 1 saturated heterocycles. The van der Waals surface area contributed by atoms with Gasteiger partial charge in [0.2, 0.25) is 5.91 Å². The Bertz CT molecular complexity index is 1030. The number of carbonyl (C=O) groups excluding carboxylic acids is 1. The molecule has 1 aliphatic heterocycles. The van der Waals surface area contributed by atoms with E-state index in [2.05, 4.69) is 43.9 Å². The third-order valence-corrected chi connectivity index (χ3v) is 11.0. The van der Waals surface area contributed by atoms with E-state index in [9.17, 15) is 9.90 Å². The summed E-state index contributed by atoms with van der Waals surface area (Å²) in [7, 11) is -2.05. The summed E-state index contributed by atoms with van der Waals surface area (Å²) in [5, 5.41) is 13.5. The molecule has 2 aromatic carbocycles. The van der Waals surface area contributed by atoms with Crippen molar-refractivity contribution in [2.75, 3.05) is 11.5 Å². The fourth-order valence-corrected chi connectivity index (χ4v) is 4.40. The average molecular weight is 469 g/mol. The van der Waals surface area contributed by atoms with Crippen molar-refractivity contribution in [3.63, 3.8) is 0 Å². The molecule has 9 heteroatoms. The zero-order valence-corrected chi connectivity index (χ0v) is 20.9. The Balaban J connectivity index is 1.97. The van der Waals surface area contributed by atoms with E-state index in [1.54, 1.807) is 6.07 Å². The van der Waals surface area contributed by atoms with Crippen LogP contribution >= 0.6 is 0 Å². The second kappa shape index (κ2) is 9.97. The summed E-state index contributed by atoms with van der Waals surface area (Å²) in [5.41, 5.74) is 11.2. The average Bonchev–Trinajstić information content (AvgIpc) is 2.78. The molecule has 0 spiro atoms. The number of aliphatic hydroxyl groups excluding tert-OH is 1. The summed E-state index contributed by atoms with van der Waals surface area (Å²) >= 11 is 0. The van der Waals surface area contributed by atoms with Gasteiger partial charge in [-0.2, -0.15) is 0 Å². The van der Waals surface area contributed by atoms with Crippen LogP contribution in [0.4, 0.5) is 5.69 Å². The SMILES string of the molecule is CC(C)(C)[Si](C)(C)OCc1cccc(OCc2ccccc2)c1N1C(=O)[C@@H](N=[N+]=[N-])[C@H]1CO. The summed E-state index contributed by atoms with van der Waals surface area (Å²) in [6.45, 7) is 11.2. The first-order chi connectivity index (χ1) is 15.6. The molecular weight excluding hydrogens is 436 g/mol. The largest absolute Gasteiger partial charge is 0.487 e. The standard InChI is InChI=1S/C24H32N4O4Si/c1-24(2,3)33(4,5)32-16-18-12-9-13-20(31-15-17-10-7-6-8-11-17)22(18)28-19(14-29)21(23(28)30)26-27-25/h6-13,19,21,29H,14-16H2,1-5H3/t19-,21+/m1/s1. The van der Waals surface area contributed by atoms with Crippen molar-refractivity contribution in [3.8, 4) is 5.75 Å². The molecule has 0 unspecified atom stereocenters. The quantitative estimate of drug-likeness (QED) is 0.180. The summed E-state index contributed by atoms with van der Waals surface area (Å²) in [6, 6.07) is 13.7. The Morgan fingerprint density at radius 3 is 2.42 bits per heavy atom. The van der Waals surface area contributed by atoms with Crippen LogP contribution in [0.5, 0.6) is 5.75 Å². The maximum absolute atomic E-state index is 12.9. The lowest BCUT2D eigenvalue weighted by atomic mass is 9.94. The smallest absolute Gasteiger partial charge is 0.238 e. The molecule has 1 heterocycles. The highest BCUT2D eigenvalue weighted by Gasteiger charge is 2.49. The zero-order chi connectivity index (χ0) is 24.2. The molecule has 1 fully saturated rings. The number of amides is 1. The van der Waals surface area contributed by atoms with Gasteiger partial charge in [-0.25, -0.2) is 0 Å². The number of benzene rings is 2. The minimum absolute atomic E-state index is 0.0292. The third-order valence-electron chi connectivity index (χ3n) is 6.50. The van der Waals surface area contributed by atoms with Gasteiger partial charge in [0, 0.05) is 10.5 Å². The van der Waals surface area contributed by atoms with Crippen LogP contribution in [0.3, 0.4) is 0 Å². The topological polar surface area (TPSA) is 108 Å². The minimum Gasteiger partial charge on any atom is -0.487 e. The Kier molecular flexibility index (Phi) is 7.49. The first kappa shape index (κ1) is 24.8. The molecule has 0 aliphatic carbocycles. The summed E-state index contributed by atoms with van der Waals surface area (Å²) < 4.78 is 12.6. The van der Waals surface area contributed by atoms with Gasteiger partial charge in [0.05, 0.1) is 24.9 Å². The highest BCUT2D eigenvalue weighted by Crippen LogP contribution is 2.42. The van der Waals surface area contributed by atoms with E-state index in [0.717, 1.165) is 11.1 Å². The molecule has 1 aliphatic rings. The van der Waals surface area contributed by atoms with E-state index in [1.807, 2.05) is 42.5 Å². The molecule has 0 aromatic heterocycles. The van der Waals surface area contributed by atoms with E-state index in [0.29, 0.717) is 24.7 Å². The number of ether oxygens (including phenoxy) is 1. The van der Waals surface area contributed by atoms with Crippen LogP contribution in [-0.2, 0) is 22.4 Å². The third kappa shape index (κ3) is 5.22. The molecule has 176 valence electrons. The van der Waals surface area contributed by atoms with Gasteiger partial charge in [-0.1, -0.05) is 68.4 Å². The van der Waals surface area contributed by atoms with Gasteiger partial charge in [-0.05, 0) is 35.3 Å². The van der Waals surface area contributed by atoms with Gasteiger partial charge in [0.15, 0.2) is 8.32 Å². The number of anilines is 1. The molecule has 1 amide bonds. The predicted octanol–water partition coefficient (Wildman–Crippen LogP) is 5.17. The fraction of sp³-hybridized carbons (Fsp3) is 0.458. The highest BCUT2D eigenvalue weighted by molar-refractivity contribution is 6.74. The van der Waals surface area contributed by atoms with Crippen LogP contribution in [0, 0.1) is 0 Å². The fourth-order valence-electron chi connectivity index (χ4n) is 3.45. The summed E-state index contributed by atoms with van der Waals surface area (Å²) in [6.07, 6.45) is 0. The lowest BCUT2D eigenvalue weighted by molar-refractivity contribution is -0.126. The Hall–Kier alpha value is -2.84. The summed E-state index contributed by atoms with van der Waals surface area (Å²) in [4.78, 5) is 17.2. The highest BCUT2D eigenvalue weighted by atomic mass is 28.4. The van der Waals surface area contributed by atoms with Gasteiger partial charge in [-0.15, -0.1) is 0 Å². The van der Waals surface area contributed by atoms with Crippen molar-refractivity contribution in [2.45, 2.75) is 64.2 Å². The number of hydrogen-bond acceptors (Lipinski definition) is 5. The molecule has 3 rings (SSSR count). The Labute approximate surface area is 195 Å². The first-order valence-corrected chi connectivity index (χ1v) is 13.9. The number of aliphatic hydroxyl groups is 1. The van der Waals surface area contributed by atoms with Crippen LogP contribution in [-0.4, -0.2) is 38.0 Å². The number of rotatable bonds is 9. The van der Waals surface area contributed by atoms with Gasteiger partial charge < -0.3 is 19.2 Å². The van der Waals surface area contributed by atoms with Crippen molar-refractivity contribution in [1.82, 2.24) is 0 Å². The molecule has 1 N–H and O–H groups in total. The second-order valence-electron chi connectivity index (χ2n) is 9.70. The van der Waals surface area contributed by atoms with Crippen molar-refractivity contribution < 1.29 is 19.1 Å². The minimum atomic E-state index is -2.05. The molecule has 0 saturated carbocycles. The van der Waals surface area contributed by atoms with E-state index >= 15 is 0 Å². The molecule has 2 aromatic rings. The van der Waals surface area contributed by atoms with E-state index in [1.165, 1.54) is 4.90 Å².